The van der Waals surface area contributed by atoms with Gasteiger partial charge in [-0.05, 0) is 147 Å². The molecule has 0 radical (unpaired) electrons. The second-order valence-corrected chi connectivity index (χ2v) is 20.2. The maximum atomic E-state index is 14.5. The van der Waals surface area contributed by atoms with Crippen LogP contribution < -0.4 is 19.2 Å². The third kappa shape index (κ3) is 11.7. The van der Waals surface area contributed by atoms with Crippen molar-refractivity contribution < 1.29 is 46.7 Å². The summed E-state index contributed by atoms with van der Waals surface area (Å²) in [5.74, 6) is 1.12. The summed E-state index contributed by atoms with van der Waals surface area (Å²) in [7, 11) is -4.62. The lowest BCUT2D eigenvalue weighted by atomic mass is 9.84. The Morgan fingerprint density at radius 3 is 1.20 bits per heavy atom. The molecule has 2 saturated carbocycles. The molecule has 314 valence electrons. The molecule has 2 fully saturated rings. The summed E-state index contributed by atoms with van der Waals surface area (Å²) in [5.41, 5.74) is 5.62. The SMILES string of the molecule is CCOC(=O)C(C)NP(=O)(COC)Oc1c(C(C)C)cc(-c2cc(C(C)C)c(OP(=O)(COC)NC(C)C(=O)OCC)c(C(C)C3CC3)c2)cc1C(C)C1CC1. The third-order valence-electron chi connectivity index (χ3n) is 10.6. The van der Waals surface area contributed by atoms with Crippen LogP contribution in [0.25, 0.3) is 11.1 Å². The van der Waals surface area contributed by atoms with E-state index in [1.165, 1.54) is 14.2 Å². The van der Waals surface area contributed by atoms with Gasteiger partial charge < -0.3 is 28.0 Å². The molecular formula is C42H66N2O10P2. The fraction of sp³-hybridized carbons (Fsp3) is 0.667. The Kier molecular flexibility index (Phi) is 16.3. The molecule has 0 aliphatic heterocycles. The Labute approximate surface area is 334 Å². The number of nitrogens with one attached hydrogen (secondary N) is 2. The molecule has 0 spiro atoms. The van der Waals surface area contributed by atoms with Gasteiger partial charge in [-0.2, -0.15) is 0 Å². The van der Waals surface area contributed by atoms with E-state index >= 15 is 0 Å². The normalized spacial score (nSPS) is 18.8. The zero-order valence-corrected chi connectivity index (χ0v) is 37.4. The highest BCUT2D eigenvalue weighted by atomic mass is 31.2. The Morgan fingerprint density at radius 2 is 0.929 bits per heavy atom. The van der Waals surface area contributed by atoms with Gasteiger partial charge in [0, 0.05) is 14.2 Å². The fourth-order valence-electron chi connectivity index (χ4n) is 7.17. The van der Waals surface area contributed by atoms with E-state index in [4.69, 9.17) is 28.0 Å². The fourth-order valence-corrected chi connectivity index (χ4v) is 10.6. The lowest BCUT2D eigenvalue weighted by molar-refractivity contribution is -0.145. The Hall–Kier alpha value is -2.72. The molecule has 6 unspecified atom stereocenters. The van der Waals surface area contributed by atoms with Crippen LogP contribution in [0, 0.1) is 11.8 Å². The number of carbonyl (C=O) groups excluding carboxylic acids is 2. The highest BCUT2D eigenvalue weighted by Crippen LogP contribution is 2.55. The minimum absolute atomic E-state index is 0.0157. The third-order valence-corrected chi connectivity index (χ3v) is 14.4. The van der Waals surface area contributed by atoms with E-state index in [1.807, 2.05) is 0 Å². The van der Waals surface area contributed by atoms with E-state index in [9.17, 15) is 18.7 Å². The summed E-state index contributed by atoms with van der Waals surface area (Å²) in [4.78, 5) is 25.2. The quantitative estimate of drug-likeness (QED) is 0.0812. The highest BCUT2D eigenvalue weighted by Gasteiger charge is 2.39. The number of benzene rings is 2. The van der Waals surface area contributed by atoms with E-state index in [1.54, 1.807) is 27.7 Å². The van der Waals surface area contributed by atoms with Crippen molar-refractivity contribution in [2.45, 2.75) is 131 Å². The molecule has 4 rings (SSSR count). The second-order valence-electron chi connectivity index (χ2n) is 16.1. The maximum Gasteiger partial charge on any atom is 0.342 e. The number of hydrogen-bond donors (Lipinski definition) is 2. The van der Waals surface area contributed by atoms with Crippen LogP contribution in [0.2, 0.25) is 0 Å². The van der Waals surface area contributed by atoms with Gasteiger partial charge >= 0.3 is 27.0 Å². The monoisotopic (exact) mass is 820 g/mol. The first kappa shape index (κ1) is 46.0. The minimum atomic E-state index is -3.77. The highest BCUT2D eigenvalue weighted by molar-refractivity contribution is 7.57. The van der Waals surface area contributed by atoms with Crippen molar-refractivity contribution in [3.05, 3.63) is 46.5 Å². The van der Waals surface area contributed by atoms with Crippen molar-refractivity contribution in [1.29, 1.82) is 0 Å². The largest absolute Gasteiger partial charge is 0.465 e. The molecule has 2 aliphatic carbocycles. The first-order valence-electron chi connectivity index (χ1n) is 20.2. The van der Waals surface area contributed by atoms with Gasteiger partial charge in [-0.3, -0.25) is 18.7 Å². The van der Waals surface area contributed by atoms with Crippen molar-refractivity contribution in [1.82, 2.24) is 10.2 Å². The van der Waals surface area contributed by atoms with Gasteiger partial charge in [0.05, 0.1) is 13.2 Å². The standard InChI is InChI=1S/C42H66N2O10P2/c1-13-51-41(45)29(9)43-55(47,23-49-11)53-39-35(25(3)4)19-33(21-37(39)27(7)31-15-16-31)34-20-36(26(5)6)40(38(22-34)28(8)32-17-18-32)54-56(48,24-50-12)44-30(10)42(46)52-14-2/h19-22,25-32H,13-18,23-24H2,1-12H3,(H,43,47)(H,44,48). The van der Waals surface area contributed by atoms with Crippen LogP contribution in [-0.2, 0) is 37.7 Å². The topological polar surface area (TPSA) is 148 Å². The molecule has 0 saturated heterocycles. The lowest BCUT2D eigenvalue weighted by Gasteiger charge is -2.30. The maximum absolute atomic E-state index is 14.5. The van der Waals surface area contributed by atoms with Crippen molar-refractivity contribution >= 4 is 27.0 Å². The molecular weight excluding hydrogens is 754 g/mol. The summed E-state index contributed by atoms with van der Waals surface area (Å²) in [6.45, 7) is 19.8. The molecule has 2 aromatic carbocycles. The van der Waals surface area contributed by atoms with Crippen LogP contribution in [0.1, 0.15) is 141 Å². The Bertz CT molecular complexity index is 1650. The van der Waals surface area contributed by atoms with Crippen molar-refractivity contribution in [3.8, 4) is 22.6 Å². The predicted octanol–water partition coefficient (Wildman–Crippen LogP) is 10.1. The molecule has 14 heteroatoms. The molecule has 2 N–H and O–H groups in total. The van der Waals surface area contributed by atoms with Crippen molar-refractivity contribution in [2.24, 2.45) is 11.8 Å². The summed E-state index contributed by atoms with van der Waals surface area (Å²) in [5, 5.41) is 5.84. The Balaban J connectivity index is 1.91. The van der Waals surface area contributed by atoms with Gasteiger partial charge in [0.1, 0.15) is 36.3 Å². The molecule has 0 amide bonds. The second kappa shape index (κ2) is 19.8. The summed E-state index contributed by atoms with van der Waals surface area (Å²) >= 11 is 0. The minimum Gasteiger partial charge on any atom is -0.465 e. The van der Waals surface area contributed by atoms with E-state index in [0.717, 1.165) is 59.1 Å². The summed E-state index contributed by atoms with van der Waals surface area (Å²) < 4.78 is 63.3. The van der Waals surface area contributed by atoms with Crippen molar-refractivity contribution in [2.75, 3.05) is 40.1 Å². The van der Waals surface area contributed by atoms with Crippen LogP contribution in [0.3, 0.4) is 0 Å². The van der Waals surface area contributed by atoms with Crippen LogP contribution in [0.5, 0.6) is 11.5 Å². The zero-order chi connectivity index (χ0) is 41.5. The van der Waals surface area contributed by atoms with E-state index in [-0.39, 0.29) is 49.6 Å². The number of carbonyl (C=O) groups is 2. The van der Waals surface area contributed by atoms with Gasteiger partial charge in [0.2, 0.25) is 0 Å². The van der Waals surface area contributed by atoms with Crippen LogP contribution in [0.15, 0.2) is 24.3 Å². The molecule has 2 aliphatic rings. The van der Waals surface area contributed by atoms with Gasteiger partial charge in [-0.15, -0.1) is 0 Å². The Morgan fingerprint density at radius 1 is 0.607 bits per heavy atom. The van der Waals surface area contributed by atoms with Crippen LogP contribution >= 0.6 is 15.0 Å². The number of ether oxygens (including phenoxy) is 4. The van der Waals surface area contributed by atoms with Crippen molar-refractivity contribution in [3.63, 3.8) is 0 Å². The molecule has 6 atom stereocenters. The van der Waals surface area contributed by atoms with E-state index < -0.39 is 39.1 Å². The van der Waals surface area contributed by atoms with E-state index in [0.29, 0.717) is 23.3 Å². The number of methoxy groups -OCH3 is 2. The molecule has 2 aromatic rings. The smallest absolute Gasteiger partial charge is 0.342 e. The van der Waals surface area contributed by atoms with Gasteiger partial charge in [0.15, 0.2) is 0 Å². The molecule has 56 heavy (non-hydrogen) atoms. The summed E-state index contributed by atoms with van der Waals surface area (Å²) in [6, 6.07) is 6.76. The molecule has 12 nitrogen and oxygen atoms in total. The van der Waals surface area contributed by atoms with Crippen LogP contribution in [-0.4, -0.2) is 64.2 Å². The summed E-state index contributed by atoms with van der Waals surface area (Å²) in [6.07, 6.45) is 3.88. The lowest BCUT2D eigenvalue weighted by Crippen LogP contribution is -2.35. The van der Waals surface area contributed by atoms with Gasteiger partial charge in [-0.25, -0.2) is 10.2 Å². The number of esters is 2. The van der Waals surface area contributed by atoms with Gasteiger partial charge in [0.25, 0.3) is 0 Å². The molecule has 0 bridgehead atoms. The van der Waals surface area contributed by atoms with E-state index in [2.05, 4.69) is 76.0 Å². The first-order chi connectivity index (χ1) is 26.4. The first-order valence-corrected chi connectivity index (χ1v) is 23.8. The predicted molar refractivity (Wildman–Crippen MR) is 221 cm³/mol. The molecule has 0 heterocycles. The van der Waals surface area contributed by atoms with Gasteiger partial charge in [-0.1, -0.05) is 41.5 Å². The van der Waals surface area contributed by atoms with Crippen LogP contribution in [0.4, 0.5) is 0 Å². The number of rotatable bonds is 23. The average Bonchev–Trinajstić information content (AvgIpc) is 4.05. The zero-order valence-electron chi connectivity index (χ0n) is 35.6. The average molecular weight is 821 g/mol. The number of hydrogen-bond acceptors (Lipinski definition) is 10. The molecule has 0 aromatic heterocycles.